The van der Waals surface area contributed by atoms with Crippen molar-refractivity contribution in [1.82, 2.24) is 5.32 Å². The fraction of sp³-hybridized carbons (Fsp3) is 0.312. The first-order chi connectivity index (χ1) is 9.92. The highest BCUT2D eigenvalue weighted by Crippen LogP contribution is 2.27. The van der Waals surface area contributed by atoms with Gasteiger partial charge >= 0.3 is 0 Å². The first-order valence-corrected chi connectivity index (χ1v) is 7.15. The van der Waals surface area contributed by atoms with Gasteiger partial charge in [-0.25, -0.2) is 0 Å². The number of rotatable bonds is 4. The van der Waals surface area contributed by atoms with Crippen molar-refractivity contribution in [1.29, 1.82) is 0 Å². The molecule has 4 nitrogen and oxygen atoms in total. The molecule has 1 aromatic carbocycles. The number of hydrogen-bond donors (Lipinski definition) is 2. The van der Waals surface area contributed by atoms with Crippen molar-refractivity contribution in [2.24, 2.45) is 0 Å². The number of nitrogens with one attached hydrogen (secondary N) is 2. The summed E-state index contributed by atoms with van der Waals surface area (Å²) in [6.45, 7) is 5.92. The molecule has 0 fully saturated rings. The molecule has 2 N–H and O–H groups in total. The predicted octanol–water partition coefficient (Wildman–Crippen LogP) is 4.08. The van der Waals surface area contributed by atoms with Gasteiger partial charge in [0, 0.05) is 18.3 Å². The highest BCUT2D eigenvalue weighted by atomic mass is 35.5. The number of anilines is 1. The van der Waals surface area contributed by atoms with Crippen LogP contribution < -0.4 is 10.6 Å². The number of hydrogen-bond acceptors (Lipinski definition) is 3. The Bertz CT molecular complexity index is 664. The van der Waals surface area contributed by atoms with E-state index in [1.807, 2.05) is 32.9 Å². The van der Waals surface area contributed by atoms with Gasteiger partial charge in [-0.15, -0.1) is 0 Å². The zero-order valence-corrected chi connectivity index (χ0v) is 13.3. The second kappa shape index (κ2) is 6.22. The van der Waals surface area contributed by atoms with Gasteiger partial charge in [-0.2, -0.15) is 0 Å². The van der Waals surface area contributed by atoms with Crippen LogP contribution in [-0.2, 0) is 0 Å². The largest absolute Gasteiger partial charge is 0.466 e. The lowest BCUT2D eigenvalue weighted by atomic mass is 10.1. The number of halogens is 1. The molecule has 0 radical (unpaired) electrons. The van der Waals surface area contributed by atoms with Crippen molar-refractivity contribution >= 4 is 23.2 Å². The van der Waals surface area contributed by atoms with Gasteiger partial charge < -0.3 is 15.1 Å². The van der Waals surface area contributed by atoms with E-state index in [9.17, 15) is 4.79 Å². The maximum atomic E-state index is 11.8. The molecule has 21 heavy (non-hydrogen) atoms. The third-order valence-electron chi connectivity index (χ3n) is 3.37. The van der Waals surface area contributed by atoms with Gasteiger partial charge in [-0.1, -0.05) is 11.6 Å². The Morgan fingerprint density at radius 3 is 2.57 bits per heavy atom. The van der Waals surface area contributed by atoms with Crippen LogP contribution in [0.15, 0.2) is 28.7 Å². The van der Waals surface area contributed by atoms with E-state index in [-0.39, 0.29) is 11.9 Å². The van der Waals surface area contributed by atoms with Crippen LogP contribution in [0, 0.1) is 13.8 Å². The Morgan fingerprint density at radius 1 is 1.29 bits per heavy atom. The summed E-state index contributed by atoms with van der Waals surface area (Å²) in [5, 5.41) is 6.37. The molecule has 1 atom stereocenters. The number of carbonyl (C=O) groups excluding carboxylic acids is 1. The summed E-state index contributed by atoms with van der Waals surface area (Å²) in [6.07, 6.45) is 0. The molecule has 112 valence electrons. The number of carbonyl (C=O) groups is 1. The molecule has 2 aromatic rings. The van der Waals surface area contributed by atoms with E-state index in [0.717, 1.165) is 22.8 Å². The summed E-state index contributed by atoms with van der Waals surface area (Å²) >= 11 is 6.05. The van der Waals surface area contributed by atoms with Gasteiger partial charge in [-0.3, -0.25) is 4.79 Å². The summed E-state index contributed by atoms with van der Waals surface area (Å²) in [6, 6.07) is 7.41. The minimum Gasteiger partial charge on any atom is -0.466 e. The average molecular weight is 307 g/mol. The summed E-state index contributed by atoms with van der Waals surface area (Å²) < 4.78 is 5.55. The second-order valence-electron chi connectivity index (χ2n) is 5.01. The summed E-state index contributed by atoms with van der Waals surface area (Å²) in [4.78, 5) is 11.8. The van der Waals surface area contributed by atoms with Crippen molar-refractivity contribution < 1.29 is 9.21 Å². The van der Waals surface area contributed by atoms with Crippen LogP contribution in [0.5, 0.6) is 0 Å². The molecule has 0 aliphatic heterocycles. The maximum Gasteiger partial charge on any atom is 0.252 e. The van der Waals surface area contributed by atoms with Crippen molar-refractivity contribution in [3.8, 4) is 0 Å². The van der Waals surface area contributed by atoms with Crippen molar-refractivity contribution in [2.75, 3.05) is 12.4 Å². The molecule has 1 unspecified atom stereocenters. The quantitative estimate of drug-likeness (QED) is 0.895. The lowest BCUT2D eigenvalue weighted by molar-refractivity contribution is 0.0963. The minimum atomic E-state index is -0.202. The predicted molar refractivity (Wildman–Crippen MR) is 85.1 cm³/mol. The van der Waals surface area contributed by atoms with Crippen LogP contribution in [0.25, 0.3) is 0 Å². The van der Waals surface area contributed by atoms with Gasteiger partial charge in [-0.05, 0) is 45.0 Å². The van der Waals surface area contributed by atoms with E-state index in [0.29, 0.717) is 10.6 Å². The molecule has 0 aliphatic rings. The van der Waals surface area contributed by atoms with E-state index in [4.69, 9.17) is 16.0 Å². The fourth-order valence-corrected chi connectivity index (χ4v) is 2.54. The molecule has 0 saturated heterocycles. The molecule has 0 saturated carbocycles. The number of furan rings is 1. The van der Waals surface area contributed by atoms with Crippen molar-refractivity contribution in [3.63, 3.8) is 0 Å². The normalized spacial score (nSPS) is 12.0. The summed E-state index contributed by atoms with van der Waals surface area (Å²) in [5.41, 5.74) is 2.39. The molecule has 5 heteroatoms. The highest BCUT2D eigenvalue weighted by molar-refractivity contribution is 6.34. The van der Waals surface area contributed by atoms with Crippen molar-refractivity contribution in [2.45, 2.75) is 26.8 Å². The third-order valence-corrected chi connectivity index (χ3v) is 3.70. The molecule has 0 spiro atoms. The Kier molecular flexibility index (Phi) is 4.58. The molecule has 0 aliphatic carbocycles. The Balaban J connectivity index is 2.23. The smallest absolute Gasteiger partial charge is 0.252 e. The second-order valence-corrected chi connectivity index (χ2v) is 5.42. The van der Waals surface area contributed by atoms with Crippen LogP contribution >= 0.6 is 11.6 Å². The lowest BCUT2D eigenvalue weighted by Gasteiger charge is -2.16. The summed E-state index contributed by atoms with van der Waals surface area (Å²) in [7, 11) is 1.58. The minimum absolute atomic E-state index is 0.0705. The van der Waals surface area contributed by atoms with E-state index in [1.54, 1.807) is 19.2 Å². The molecule has 1 heterocycles. The highest BCUT2D eigenvalue weighted by Gasteiger charge is 2.14. The van der Waals surface area contributed by atoms with E-state index < -0.39 is 0 Å². The Labute approximate surface area is 129 Å². The van der Waals surface area contributed by atoms with Crippen LogP contribution in [0.1, 0.15) is 40.4 Å². The molecular formula is C16H19ClN2O2. The molecule has 0 bridgehead atoms. The zero-order chi connectivity index (χ0) is 15.6. The number of amides is 1. The monoisotopic (exact) mass is 306 g/mol. The third kappa shape index (κ3) is 3.39. The average Bonchev–Trinajstić information content (AvgIpc) is 2.79. The standard InChI is InChI=1S/C16H19ClN2O2/c1-9-7-13(11(3)21-9)10(2)19-12-5-6-15(17)14(8-12)16(20)18-4/h5-8,10,19H,1-4H3,(H,18,20). The SMILES string of the molecule is CNC(=O)c1cc(NC(C)c2cc(C)oc2C)ccc1Cl. The number of benzene rings is 1. The molecule has 1 aromatic heterocycles. The van der Waals surface area contributed by atoms with Crippen LogP contribution in [-0.4, -0.2) is 13.0 Å². The Morgan fingerprint density at radius 2 is 2.00 bits per heavy atom. The fourth-order valence-electron chi connectivity index (χ4n) is 2.33. The van der Waals surface area contributed by atoms with E-state index in [1.165, 1.54) is 0 Å². The lowest BCUT2D eigenvalue weighted by Crippen LogP contribution is -2.18. The van der Waals surface area contributed by atoms with Gasteiger partial charge in [0.2, 0.25) is 0 Å². The van der Waals surface area contributed by atoms with Crippen LogP contribution in [0.4, 0.5) is 5.69 Å². The summed E-state index contributed by atoms with van der Waals surface area (Å²) in [5.74, 6) is 1.58. The van der Waals surface area contributed by atoms with Gasteiger partial charge in [0.05, 0.1) is 16.6 Å². The number of aryl methyl sites for hydroxylation is 2. The van der Waals surface area contributed by atoms with E-state index >= 15 is 0 Å². The van der Waals surface area contributed by atoms with Gasteiger partial charge in [0.25, 0.3) is 5.91 Å². The van der Waals surface area contributed by atoms with Gasteiger partial charge in [0.1, 0.15) is 11.5 Å². The maximum absolute atomic E-state index is 11.8. The van der Waals surface area contributed by atoms with Crippen molar-refractivity contribution in [3.05, 3.63) is 51.9 Å². The van der Waals surface area contributed by atoms with Gasteiger partial charge in [0.15, 0.2) is 0 Å². The first kappa shape index (κ1) is 15.4. The van der Waals surface area contributed by atoms with E-state index in [2.05, 4.69) is 10.6 Å². The topological polar surface area (TPSA) is 54.3 Å². The zero-order valence-electron chi connectivity index (χ0n) is 12.6. The molecule has 2 rings (SSSR count). The Hall–Kier alpha value is -1.94. The molecule has 1 amide bonds. The molecular weight excluding hydrogens is 288 g/mol. The van der Waals surface area contributed by atoms with Crippen LogP contribution in [0.2, 0.25) is 5.02 Å². The van der Waals surface area contributed by atoms with Crippen LogP contribution in [0.3, 0.4) is 0 Å². The first-order valence-electron chi connectivity index (χ1n) is 6.77.